The van der Waals surface area contributed by atoms with Crippen LogP contribution in [0.2, 0.25) is 0 Å². The number of nitrogens with one attached hydrogen (secondary N) is 1. The average Bonchev–Trinajstić information content (AvgIpc) is 2.91. The number of carbonyl (C=O) groups is 2. The second kappa shape index (κ2) is 12.0. The first-order valence-electron chi connectivity index (χ1n) is 11.8. The Kier molecular flexibility index (Phi) is 8.36. The van der Waals surface area contributed by atoms with E-state index in [1.54, 1.807) is 18.9 Å². The summed E-state index contributed by atoms with van der Waals surface area (Å²) in [5.41, 5.74) is 3.73. The third kappa shape index (κ3) is 6.12. The van der Waals surface area contributed by atoms with Crippen LogP contribution in [0, 0.1) is 0 Å². The molecule has 4 rings (SSSR count). The number of benzene rings is 3. The molecule has 7 heteroatoms. The van der Waals surface area contributed by atoms with Crippen molar-refractivity contribution in [3.05, 3.63) is 113 Å². The van der Waals surface area contributed by atoms with Crippen molar-refractivity contribution in [1.29, 1.82) is 0 Å². The number of allylic oxidation sites excluding steroid dienone is 1. The maximum absolute atomic E-state index is 13.2. The highest BCUT2D eigenvalue weighted by atomic mass is 16.6. The number of methoxy groups -OCH3 is 1. The molecule has 1 atom stereocenters. The summed E-state index contributed by atoms with van der Waals surface area (Å²) in [6, 6.07) is 26.0. The average molecular weight is 487 g/mol. The van der Waals surface area contributed by atoms with Gasteiger partial charge in [0.05, 0.1) is 24.8 Å². The third-order valence-corrected chi connectivity index (χ3v) is 5.98. The van der Waals surface area contributed by atoms with E-state index in [4.69, 9.17) is 14.2 Å². The lowest BCUT2D eigenvalue weighted by Crippen LogP contribution is -2.47. The van der Waals surface area contributed by atoms with Crippen molar-refractivity contribution in [2.75, 3.05) is 20.3 Å². The monoisotopic (exact) mass is 486 g/mol. The highest BCUT2D eigenvalue weighted by Gasteiger charge is 2.36. The fourth-order valence-corrected chi connectivity index (χ4v) is 4.04. The molecule has 1 N–H and O–H groups in total. The summed E-state index contributed by atoms with van der Waals surface area (Å²) in [4.78, 5) is 27.9. The van der Waals surface area contributed by atoms with Crippen LogP contribution in [0.3, 0.4) is 0 Å². The van der Waals surface area contributed by atoms with Crippen LogP contribution in [0.5, 0.6) is 5.75 Å². The summed E-state index contributed by atoms with van der Waals surface area (Å²) < 4.78 is 16.4. The van der Waals surface area contributed by atoms with Crippen LogP contribution >= 0.6 is 0 Å². The summed E-state index contributed by atoms with van der Waals surface area (Å²) >= 11 is 0. The van der Waals surface area contributed by atoms with E-state index in [9.17, 15) is 9.59 Å². The lowest BCUT2D eigenvalue weighted by molar-refractivity contribution is -0.140. The van der Waals surface area contributed by atoms with Crippen LogP contribution in [-0.4, -0.2) is 37.2 Å². The molecule has 3 aromatic carbocycles. The number of urea groups is 1. The second-order valence-electron chi connectivity index (χ2n) is 8.43. The van der Waals surface area contributed by atoms with Crippen molar-refractivity contribution in [3.8, 4) is 5.75 Å². The molecule has 3 aromatic rings. The second-order valence-corrected chi connectivity index (χ2v) is 8.43. The van der Waals surface area contributed by atoms with Crippen molar-refractivity contribution >= 4 is 12.0 Å². The van der Waals surface area contributed by atoms with Gasteiger partial charge in [0, 0.05) is 12.8 Å². The molecule has 7 nitrogen and oxygen atoms in total. The number of hydrogen-bond acceptors (Lipinski definition) is 5. The molecule has 186 valence electrons. The molecule has 0 bridgehead atoms. The van der Waals surface area contributed by atoms with Crippen LogP contribution in [0.1, 0.15) is 29.7 Å². The van der Waals surface area contributed by atoms with E-state index in [0.717, 1.165) is 16.7 Å². The standard InChI is InChI=1S/C29H30N2O5/c1-21-26(28(32)35-18-17-34-2)27(30-29(33)31(21)19-22-9-5-3-6-10-22)24-13-15-25(16-14-24)36-20-23-11-7-4-8-12-23/h3-16,27H,17-20H2,1-2H3,(H,30,33)/t27-/m1/s1. The van der Waals surface area contributed by atoms with Crippen molar-refractivity contribution in [2.45, 2.75) is 26.1 Å². The molecule has 0 radical (unpaired) electrons. The van der Waals surface area contributed by atoms with Gasteiger partial charge in [-0.3, -0.25) is 4.90 Å². The SMILES string of the molecule is COCCOC(=O)C1=C(C)N(Cc2ccccc2)C(=O)N[C@@H]1c1ccc(OCc2ccccc2)cc1. The molecule has 0 fully saturated rings. The summed E-state index contributed by atoms with van der Waals surface area (Å²) in [6.45, 7) is 2.98. The number of hydrogen-bond donors (Lipinski definition) is 1. The maximum Gasteiger partial charge on any atom is 0.338 e. The van der Waals surface area contributed by atoms with E-state index in [1.807, 2.05) is 84.9 Å². The molecule has 0 saturated carbocycles. The predicted octanol–water partition coefficient (Wildman–Crippen LogP) is 5.00. The Morgan fingerprint density at radius 2 is 1.53 bits per heavy atom. The Morgan fingerprint density at radius 3 is 2.17 bits per heavy atom. The summed E-state index contributed by atoms with van der Waals surface area (Å²) in [7, 11) is 1.55. The van der Waals surface area contributed by atoms with Crippen molar-refractivity contribution in [2.24, 2.45) is 0 Å². The summed E-state index contributed by atoms with van der Waals surface area (Å²) in [5.74, 6) is 0.206. The summed E-state index contributed by atoms with van der Waals surface area (Å²) in [6.07, 6.45) is 0. The lowest BCUT2D eigenvalue weighted by Gasteiger charge is -2.35. The normalized spacial score (nSPS) is 15.4. The molecule has 1 aliphatic rings. The van der Waals surface area contributed by atoms with Crippen LogP contribution in [-0.2, 0) is 27.4 Å². The molecular weight excluding hydrogens is 456 g/mol. The maximum atomic E-state index is 13.2. The molecule has 0 saturated heterocycles. The molecular formula is C29H30N2O5. The van der Waals surface area contributed by atoms with E-state index in [1.165, 1.54) is 0 Å². The fourth-order valence-electron chi connectivity index (χ4n) is 4.04. The first-order chi connectivity index (χ1) is 17.6. The van der Waals surface area contributed by atoms with Gasteiger partial charge in [0.2, 0.25) is 0 Å². The van der Waals surface area contributed by atoms with Crippen molar-refractivity contribution < 1.29 is 23.8 Å². The third-order valence-electron chi connectivity index (χ3n) is 5.98. The quantitative estimate of drug-likeness (QED) is 0.323. The predicted molar refractivity (Wildman–Crippen MR) is 136 cm³/mol. The first kappa shape index (κ1) is 25.0. The number of rotatable bonds is 10. The smallest absolute Gasteiger partial charge is 0.338 e. The van der Waals surface area contributed by atoms with Gasteiger partial charge in [-0.25, -0.2) is 9.59 Å². The molecule has 0 aliphatic carbocycles. The zero-order valence-electron chi connectivity index (χ0n) is 20.5. The Balaban J connectivity index is 1.57. The zero-order chi connectivity index (χ0) is 25.3. The number of nitrogens with zero attached hydrogens (tertiary/aromatic N) is 1. The van der Waals surface area contributed by atoms with Gasteiger partial charge in [0.1, 0.15) is 19.0 Å². The van der Waals surface area contributed by atoms with Crippen LogP contribution in [0.25, 0.3) is 0 Å². The van der Waals surface area contributed by atoms with Gasteiger partial charge < -0.3 is 19.5 Å². The topological polar surface area (TPSA) is 77.1 Å². The number of esters is 1. The van der Waals surface area contributed by atoms with Crippen molar-refractivity contribution in [1.82, 2.24) is 10.2 Å². The van der Waals surface area contributed by atoms with Crippen molar-refractivity contribution in [3.63, 3.8) is 0 Å². The fraction of sp³-hybridized carbons (Fsp3) is 0.241. The minimum absolute atomic E-state index is 0.123. The van der Waals surface area contributed by atoms with Crippen LogP contribution in [0.15, 0.2) is 96.2 Å². The van der Waals surface area contributed by atoms with Gasteiger partial charge in [0.25, 0.3) is 0 Å². The highest BCUT2D eigenvalue weighted by Crippen LogP contribution is 2.33. The van der Waals surface area contributed by atoms with Gasteiger partial charge >= 0.3 is 12.0 Å². The molecule has 0 aromatic heterocycles. The Morgan fingerprint density at radius 1 is 0.889 bits per heavy atom. The van der Waals surface area contributed by atoms with E-state index in [-0.39, 0.29) is 19.2 Å². The minimum atomic E-state index is -0.650. The minimum Gasteiger partial charge on any atom is -0.489 e. The summed E-state index contributed by atoms with van der Waals surface area (Å²) in [5, 5.41) is 2.99. The Labute approximate surface area is 211 Å². The van der Waals surface area contributed by atoms with Gasteiger partial charge in [-0.15, -0.1) is 0 Å². The number of carbonyl (C=O) groups excluding carboxylic acids is 2. The first-order valence-corrected chi connectivity index (χ1v) is 11.8. The van der Waals surface area contributed by atoms with Gasteiger partial charge in [-0.2, -0.15) is 0 Å². The van der Waals surface area contributed by atoms with E-state index < -0.39 is 12.0 Å². The molecule has 1 heterocycles. The van der Waals surface area contributed by atoms with Gasteiger partial charge in [0.15, 0.2) is 0 Å². The molecule has 1 aliphatic heterocycles. The van der Waals surface area contributed by atoms with Crippen LogP contribution < -0.4 is 10.1 Å². The molecule has 36 heavy (non-hydrogen) atoms. The largest absolute Gasteiger partial charge is 0.489 e. The zero-order valence-corrected chi connectivity index (χ0v) is 20.5. The van der Waals surface area contributed by atoms with E-state index in [0.29, 0.717) is 30.2 Å². The highest BCUT2D eigenvalue weighted by molar-refractivity contribution is 5.95. The van der Waals surface area contributed by atoms with E-state index >= 15 is 0 Å². The molecule has 2 amide bonds. The number of amides is 2. The van der Waals surface area contributed by atoms with Gasteiger partial charge in [-0.1, -0.05) is 72.8 Å². The van der Waals surface area contributed by atoms with Crippen LogP contribution in [0.4, 0.5) is 4.79 Å². The lowest BCUT2D eigenvalue weighted by atomic mass is 9.94. The van der Waals surface area contributed by atoms with E-state index in [2.05, 4.69) is 5.32 Å². The van der Waals surface area contributed by atoms with Gasteiger partial charge in [-0.05, 0) is 35.7 Å². The number of ether oxygens (including phenoxy) is 3. The molecule has 0 unspecified atom stereocenters. The Bertz CT molecular complexity index is 1190. The Hall–Kier alpha value is -4.10. The molecule has 0 spiro atoms.